The van der Waals surface area contributed by atoms with E-state index in [1.165, 1.54) is 6.08 Å². The van der Waals surface area contributed by atoms with E-state index in [0.29, 0.717) is 6.61 Å². The van der Waals surface area contributed by atoms with Crippen LogP contribution < -0.4 is 10.6 Å². The molecular formula is C12H18N2O3. The van der Waals surface area contributed by atoms with Gasteiger partial charge >= 0.3 is 0 Å². The van der Waals surface area contributed by atoms with Crippen LogP contribution in [0.5, 0.6) is 0 Å². The van der Waals surface area contributed by atoms with Crippen LogP contribution in [0.3, 0.4) is 0 Å². The molecule has 1 heterocycles. The van der Waals surface area contributed by atoms with Crippen molar-refractivity contribution in [3.05, 3.63) is 12.7 Å². The van der Waals surface area contributed by atoms with Crippen LogP contribution in [-0.2, 0) is 14.3 Å². The smallest absolute Gasteiger partial charge is 0.249 e. The molecule has 2 rings (SSSR count). The minimum Gasteiger partial charge on any atom is -0.368 e. The summed E-state index contributed by atoms with van der Waals surface area (Å²) < 4.78 is 5.30. The lowest BCUT2D eigenvalue weighted by Crippen LogP contribution is -2.55. The molecule has 5 heteroatoms. The van der Waals surface area contributed by atoms with E-state index in [4.69, 9.17) is 4.74 Å². The van der Waals surface area contributed by atoms with E-state index in [2.05, 4.69) is 17.2 Å². The first-order valence-electron chi connectivity index (χ1n) is 6.04. The number of amides is 2. The predicted molar refractivity (Wildman–Crippen MR) is 62.3 cm³/mol. The summed E-state index contributed by atoms with van der Waals surface area (Å²) in [6, 6.07) is 0.331. The van der Waals surface area contributed by atoms with Crippen LogP contribution in [0.2, 0.25) is 0 Å². The Balaban J connectivity index is 1.64. The van der Waals surface area contributed by atoms with Gasteiger partial charge in [-0.3, -0.25) is 9.59 Å². The van der Waals surface area contributed by atoms with Gasteiger partial charge in [-0.2, -0.15) is 0 Å². The summed E-state index contributed by atoms with van der Waals surface area (Å²) in [7, 11) is 0. The molecule has 0 aromatic heterocycles. The molecule has 2 N–H and O–H groups in total. The van der Waals surface area contributed by atoms with Crippen molar-refractivity contribution in [1.82, 2.24) is 10.6 Å². The van der Waals surface area contributed by atoms with E-state index in [-0.39, 0.29) is 30.0 Å². The minimum atomic E-state index is -0.267. The number of nitrogens with one attached hydrogen (secondary N) is 2. The third-order valence-corrected chi connectivity index (χ3v) is 3.24. The molecule has 1 aliphatic heterocycles. The zero-order valence-electron chi connectivity index (χ0n) is 9.78. The van der Waals surface area contributed by atoms with Crippen LogP contribution in [-0.4, -0.2) is 36.6 Å². The summed E-state index contributed by atoms with van der Waals surface area (Å²) in [6.07, 6.45) is 4.35. The maximum atomic E-state index is 11.7. The van der Waals surface area contributed by atoms with E-state index in [1.54, 1.807) is 0 Å². The van der Waals surface area contributed by atoms with Gasteiger partial charge in [0.1, 0.15) is 6.10 Å². The van der Waals surface area contributed by atoms with Crippen LogP contribution in [0, 0.1) is 0 Å². The summed E-state index contributed by atoms with van der Waals surface area (Å²) >= 11 is 0. The number of hydrogen-bond acceptors (Lipinski definition) is 3. The molecule has 0 radical (unpaired) electrons. The SMILES string of the molecule is C=CC(=O)NC1CC(NC(=O)[C@@H]2CCCO2)C1. The first-order valence-corrected chi connectivity index (χ1v) is 6.04. The Kier molecular flexibility index (Phi) is 3.78. The average Bonchev–Trinajstić information content (AvgIpc) is 2.79. The molecule has 1 saturated carbocycles. The van der Waals surface area contributed by atoms with Crippen LogP contribution in [0.4, 0.5) is 0 Å². The number of carbonyl (C=O) groups excluding carboxylic acids is 2. The minimum absolute atomic E-state index is 0.0130. The van der Waals surface area contributed by atoms with Crippen molar-refractivity contribution in [2.24, 2.45) is 0 Å². The lowest BCUT2D eigenvalue weighted by molar-refractivity contribution is -0.131. The van der Waals surface area contributed by atoms with Gasteiger partial charge in [0.15, 0.2) is 0 Å². The average molecular weight is 238 g/mol. The van der Waals surface area contributed by atoms with Gasteiger partial charge in [0.05, 0.1) is 0 Å². The van der Waals surface area contributed by atoms with Crippen molar-refractivity contribution in [3.8, 4) is 0 Å². The molecule has 0 bridgehead atoms. The molecule has 0 aromatic carbocycles. The fourth-order valence-electron chi connectivity index (χ4n) is 2.19. The lowest BCUT2D eigenvalue weighted by atomic mass is 9.86. The molecule has 0 unspecified atom stereocenters. The van der Waals surface area contributed by atoms with E-state index < -0.39 is 0 Å². The molecule has 17 heavy (non-hydrogen) atoms. The van der Waals surface area contributed by atoms with Gasteiger partial charge in [0.25, 0.3) is 0 Å². The van der Waals surface area contributed by atoms with E-state index in [0.717, 1.165) is 25.7 Å². The molecule has 0 spiro atoms. The van der Waals surface area contributed by atoms with E-state index in [9.17, 15) is 9.59 Å². The van der Waals surface area contributed by atoms with Crippen LogP contribution in [0.25, 0.3) is 0 Å². The topological polar surface area (TPSA) is 67.4 Å². The van der Waals surface area contributed by atoms with Gasteiger partial charge in [-0.25, -0.2) is 0 Å². The Bertz CT molecular complexity index is 318. The first kappa shape index (κ1) is 12.1. The van der Waals surface area contributed by atoms with Gasteiger partial charge in [0, 0.05) is 18.7 Å². The molecular weight excluding hydrogens is 220 g/mol. The fourth-order valence-corrected chi connectivity index (χ4v) is 2.19. The highest BCUT2D eigenvalue weighted by Crippen LogP contribution is 2.21. The van der Waals surface area contributed by atoms with Gasteiger partial charge in [0.2, 0.25) is 11.8 Å². The standard InChI is InChI=1S/C12H18N2O3/c1-2-11(15)13-8-6-9(7-8)14-12(16)10-4-3-5-17-10/h2,8-10H,1,3-7H2,(H,13,15)(H,14,16)/t8?,9?,10-/m0/s1. The number of rotatable bonds is 4. The zero-order chi connectivity index (χ0) is 12.3. The number of carbonyl (C=O) groups is 2. The summed E-state index contributed by atoms with van der Waals surface area (Å²) in [5.41, 5.74) is 0. The van der Waals surface area contributed by atoms with E-state index >= 15 is 0 Å². The molecule has 94 valence electrons. The second-order valence-electron chi connectivity index (χ2n) is 4.59. The van der Waals surface area contributed by atoms with Crippen molar-refractivity contribution in [2.75, 3.05) is 6.61 Å². The highest BCUT2D eigenvalue weighted by molar-refractivity contribution is 5.87. The lowest BCUT2D eigenvalue weighted by Gasteiger charge is -2.36. The van der Waals surface area contributed by atoms with Crippen molar-refractivity contribution in [2.45, 2.75) is 43.9 Å². The monoisotopic (exact) mass is 238 g/mol. The Morgan fingerprint density at radius 3 is 2.53 bits per heavy atom. The van der Waals surface area contributed by atoms with Gasteiger partial charge in [-0.05, 0) is 31.8 Å². The molecule has 1 aliphatic carbocycles. The molecule has 2 amide bonds. The van der Waals surface area contributed by atoms with Crippen molar-refractivity contribution < 1.29 is 14.3 Å². The van der Waals surface area contributed by atoms with E-state index in [1.807, 2.05) is 0 Å². The molecule has 1 atom stereocenters. The fraction of sp³-hybridized carbons (Fsp3) is 0.667. The number of ether oxygens (including phenoxy) is 1. The van der Waals surface area contributed by atoms with Crippen molar-refractivity contribution >= 4 is 11.8 Å². The predicted octanol–water partition coefficient (Wildman–Crippen LogP) is 0.115. The molecule has 1 saturated heterocycles. The Morgan fingerprint density at radius 2 is 1.94 bits per heavy atom. The highest BCUT2D eigenvalue weighted by atomic mass is 16.5. The summed E-state index contributed by atoms with van der Waals surface area (Å²) in [5.74, 6) is -0.167. The van der Waals surface area contributed by atoms with Crippen LogP contribution >= 0.6 is 0 Å². The maximum Gasteiger partial charge on any atom is 0.249 e. The summed E-state index contributed by atoms with van der Waals surface area (Å²) in [4.78, 5) is 22.7. The van der Waals surface area contributed by atoms with Crippen LogP contribution in [0.15, 0.2) is 12.7 Å². The second-order valence-corrected chi connectivity index (χ2v) is 4.59. The molecule has 2 fully saturated rings. The molecule has 2 aliphatic rings. The zero-order valence-corrected chi connectivity index (χ0v) is 9.78. The quantitative estimate of drug-likeness (QED) is 0.683. The Morgan fingerprint density at radius 1 is 1.24 bits per heavy atom. The molecule has 0 aromatic rings. The number of hydrogen-bond donors (Lipinski definition) is 2. The summed E-state index contributed by atoms with van der Waals surface area (Å²) in [5, 5.41) is 5.74. The Labute approximate surface area is 101 Å². The maximum absolute atomic E-state index is 11.7. The van der Waals surface area contributed by atoms with Crippen molar-refractivity contribution in [1.29, 1.82) is 0 Å². The third kappa shape index (κ3) is 3.06. The van der Waals surface area contributed by atoms with Crippen LogP contribution in [0.1, 0.15) is 25.7 Å². The summed E-state index contributed by atoms with van der Waals surface area (Å²) in [6.45, 7) is 4.07. The highest BCUT2D eigenvalue weighted by Gasteiger charge is 2.33. The van der Waals surface area contributed by atoms with Gasteiger partial charge in [-0.1, -0.05) is 6.58 Å². The normalized spacial score (nSPS) is 31.4. The third-order valence-electron chi connectivity index (χ3n) is 3.24. The second kappa shape index (κ2) is 5.31. The Hall–Kier alpha value is -1.36. The first-order chi connectivity index (χ1) is 8.19. The van der Waals surface area contributed by atoms with Gasteiger partial charge in [-0.15, -0.1) is 0 Å². The largest absolute Gasteiger partial charge is 0.368 e. The van der Waals surface area contributed by atoms with Crippen molar-refractivity contribution in [3.63, 3.8) is 0 Å². The molecule has 5 nitrogen and oxygen atoms in total. The van der Waals surface area contributed by atoms with Gasteiger partial charge < -0.3 is 15.4 Å².